The molecule has 0 spiro atoms. The first-order valence-corrected chi connectivity index (χ1v) is 14.2. The lowest BCUT2D eigenvalue weighted by atomic mass is 9.33. The minimum absolute atomic E-state index is 0.0147. The molecule has 3 heteroatoms. The Hall–Kier alpha value is -0.830. The fourth-order valence-electron chi connectivity index (χ4n) is 10.8. The van der Waals surface area contributed by atoms with Crippen LogP contribution in [0.3, 0.4) is 0 Å². The Morgan fingerprint density at radius 1 is 0.912 bits per heavy atom. The standard InChI is InChI=1S/C31H50O3/c1-26(2)15-17-31(25(33)34-8)18-16-29(6)20(21(31)19-26)9-10-23-28(5)13-12-24(32)27(3,4)22(28)11-14-30(23,29)7/h9,21-24,32H,10-19H2,1-8H3. The van der Waals surface area contributed by atoms with E-state index in [1.165, 1.54) is 12.8 Å². The number of carbonyl (C=O) groups is 1. The first-order chi connectivity index (χ1) is 15.7. The van der Waals surface area contributed by atoms with Gasteiger partial charge < -0.3 is 9.84 Å². The summed E-state index contributed by atoms with van der Waals surface area (Å²) in [6.07, 6.45) is 13.4. The molecule has 0 aromatic rings. The van der Waals surface area contributed by atoms with Crippen LogP contribution in [0.1, 0.15) is 113 Å². The van der Waals surface area contributed by atoms with E-state index in [0.717, 1.165) is 51.4 Å². The third-order valence-electron chi connectivity index (χ3n) is 13.2. The summed E-state index contributed by atoms with van der Waals surface area (Å²) in [6, 6.07) is 0. The van der Waals surface area contributed by atoms with Crippen LogP contribution in [-0.2, 0) is 9.53 Å². The van der Waals surface area contributed by atoms with Crippen LogP contribution in [0.5, 0.6) is 0 Å². The highest BCUT2D eigenvalue weighted by molar-refractivity contribution is 5.78. The number of aliphatic hydroxyl groups is 1. The van der Waals surface area contributed by atoms with E-state index in [1.54, 1.807) is 12.7 Å². The molecule has 5 aliphatic carbocycles. The number of hydrogen-bond acceptors (Lipinski definition) is 3. The minimum atomic E-state index is -0.323. The number of aliphatic hydroxyl groups excluding tert-OH is 1. The molecule has 4 saturated carbocycles. The van der Waals surface area contributed by atoms with E-state index in [4.69, 9.17) is 4.74 Å². The smallest absolute Gasteiger partial charge is 0.312 e. The quantitative estimate of drug-likeness (QED) is 0.322. The highest BCUT2D eigenvalue weighted by Gasteiger charge is 2.69. The van der Waals surface area contributed by atoms with Crippen LogP contribution in [0.25, 0.3) is 0 Å². The predicted molar refractivity (Wildman–Crippen MR) is 137 cm³/mol. The van der Waals surface area contributed by atoms with Crippen LogP contribution in [0, 0.1) is 50.2 Å². The summed E-state index contributed by atoms with van der Waals surface area (Å²) >= 11 is 0. The van der Waals surface area contributed by atoms with E-state index in [-0.39, 0.29) is 44.6 Å². The number of esters is 1. The molecule has 8 atom stereocenters. The fourth-order valence-corrected chi connectivity index (χ4v) is 10.8. The molecule has 0 aliphatic heterocycles. The van der Waals surface area contributed by atoms with E-state index in [0.29, 0.717) is 17.8 Å². The summed E-state index contributed by atoms with van der Waals surface area (Å²) in [5.41, 5.74) is 2.18. The molecular weight excluding hydrogens is 420 g/mol. The van der Waals surface area contributed by atoms with Gasteiger partial charge in [0.1, 0.15) is 0 Å². The van der Waals surface area contributed by atoms with Gasteiger partial charge in [-0.25, -0.2) is 0 Å². The second kappa shape index (κ2) is 7.36. The predicted octanol–water partition coefficient (Wildman–Crippen LogP) is 7.32. The summed E-state index contributed by atoms with van der Waals surface area (Å²) in [7, 11) is 1.59. The first kappa shape index (κ1) is 24.8. The van der Waals surface area contributed by atoms with Crippen LogP contribution < -0.4 is 0 Å². The molecule has 5 aliphatic rings. The van der Waals surface area contributed by atoms with Crippen molar-refractivity contribution in [2.24, 2.45) is 50.2 Å². The lowest BCUT2D eigenvalue weighted by Crippen LogP contribution is -2.65. The molecule has 3 nitrogen and oxygen atoms in total. The Bertz CT molecular complexity index is 900. The average molecular weight is 471 g/mol. The lowest BCUT2D eigenvalue weighted by molar-refractivity contribution is -0.206. The van der Waals surface area contributed by atoms with Gasteiger partial charge in [-0.3, -0.25) is 4.79 Å². The van der Waals surface area contributed by atoms with Gasteiger partial charge in [0, 0.05) is 0 Å². The molecule has 8 unspecified atom stereocenters. The number of hydrogen-bond donors (Lipinski definition) is 1. The molecule has 34 heavy (non-hydrogen) atoms. The van der Waals surface area contributed by atoms with Gasteiger partial charge in [0.25, 0.3) is 0 Å². The number of fused-ring (bicyclic) bond motifs is 7. The zero-order valence-electron chi connectivity index (χ0n) is 23.2. The van der Waals surface area contributed by atoms with Crippen molar-refractivity contribution < 1.29 is 14.6 Å². The molecule has 192 valence electrons. The molecule has 4 fully saturated rings. The van der Waals surface area contributed by atoms with Crippen molar-refractivity contribution in [3.8, 4) is 0 Å². The van der Waals surface area contributed by atoms with Gasteiger partial charge in [-0.15, -0.1) is 0 Å². The van der Waals surface area contributed by atoms with Crippen molar-refractivity contribution in [2.45, 2.75) is 119 Å². The number of ether oxygens (including phenoxy) is 1. The van der Waals surface area contributed by atoms with Crippen LogP contribution in [-0.4, -0.2) is 24.3 Å². The Morgan fingerprint density at radius 3 is 2.26 bits per heavy atom. The largest absolute Gasteiger partial charge is 0.469 e. The second-order valence-electron chi connectivity index (χ2n) is 15.2. The molecular formula is C31H50O3. The molecule has 0 saturated heterocycles. The van der Waals surface area contributed by atoms with Crippen LogP contribution in [0.15, 0.2) is 11.6 Å². The van der Waals surface area contributed by atoms with Gasteiger partial charge in [-0.05, 0) is 109 Å². The third kappa shape index (κ3) is 2.94. The van der Waals surface area contributed by atoms with Gasteiger partial charge >= 0.3 is 5.97 Å². The third-order valence-corrected chi connectivity index (χ3v) is 13.2. The zero-order valence-corrected chi connectivity index (χ0v) is 23.2. The maximum absolute atomic E-state index is 13.3. The Kier molecular flexibility index (Phi) is 5.38. The fraction of sp³-hybridized carbons (Fsp3) is 0.903. The Labute approximate surface area is 208 Å². The summed E-state index contributed by atoms with van der Waals surface area (Å²) in [6.45, 7) is 17.2. The Balaban J connectivity index is 1.60. The summed E-state index contributed by atoms with van der Waals surface area (Å²) in [4.78, 5) is 13.3. The molecule has 0 bridgehead atoms. The van der Waals surface area contributed by atoms with Crippen molar-refractivity contribution in [3.63, 3.8) is 0 Å². The van der Waals surface area contributed by atoms with Crippen LogP contribution in [0.4, 0.5) is 0 Å². The lowest BCUT2D eigenvalue weighted by Gasteiger charge is -2.71. The summed E-state index contributed by atoms with van der Waals surface area (Å²) in [5.74, 6) is 1.57. The average Bonchev–Trinajstić information content (AvgIpc) is 2.76. The van der Waals surface area contributed by atoms with E-state index < -0.39 is 0 Å². The van der Waals surface area contributed by atoms with E-state index in [2.05, 4.69) is 54.5 Å². The molecule has 0 radical (unpaired) electrons. The number of carbonyl (C=O) groups excluding carboxylic acids is 1. The van der Waals surface area contributed by atoms with Gasteiger partial charge in [-0.2, -0.15) is 0 Å². The normalized spacial score (nSPS) is 51.1. The minimum Gasteiger partial charge on any atom is -0.469 e. The number of methoxy groups -OCH3 is 1. The number of allylic oxidation sites excluding steroid dienone is 2. The Morgan fingerprint density at radius 2 is 1.59 bits per heavy atom. The highest BCUT2D eigenvalue weighted by atomic mass is 16.5. The monoisotopic (exact) mass is 470 g/mol. The van der Waals surface area contributed by atoms with Crippen molar-refractivity contribution in [2.75, 3.05) is 7.11 Å². The maximum Gasteiger partial charge on any atom is 0.312 e. The van der Waals surface area contributed by atoms with Crippen molar-refractivity contribution in [1.29, 1.82) is 0 Å². The van der Waals surface area contributed by atoms with Gasteiger partial charge in [0.15, 0.2) is 0 Å². The van der Waals surface area contributed by atoms with Crippen molar-refractivity contribution >= 4 is 5.97 Å². The van der Waals surface area contributed by atoms with Gasteiger partial charge in [-0.1, -0.05) is 60.1 Å². The first-order valence-electron chi connectivity index (χ1n) is 14.2. The molecule has 0 amide bonds. The molecule has 0 aromatic heterocycles. The van der Waals surface area contributed by atoms with Gasteiger partial charge in [0.2, 0.25) is 0 Å². The molecule has 5 rings (SSSR count). The molecule has 0 heterocycles. The van der Waals surface area contributed by atoms with Crippen molar-refractivity contribution in [3.05, 3.63) is 11.6 Å². The molecule has 0 aromatic carbocycles. The SMILES string of the molecule is COC(=O)C12CCC(C)(C)CC1C1=CCC3C4(C)CCC(O)C(C)(C)C4CCC3(C)C1(C)CC2. The van der Waals surface area contributed by atoms with Crippen LogP contribution >= 0.6 is 0 Å². The van der Waals surface area contributed by atoms with E-state index in [9.17, 15) is 9.90 Å². The molecule has 1 N–H and O–H groups in total. The van der Waals surface area contributed by atoms with Crippen LogP contribution in [0.2, 0.25) is 0 Å². The number of rotatable bonds is 1. The van der Waals surface area contributed by atoms with Gasteiger partial charge in [0.05, 0.1) is 18.6 Å². The summed E-state index contributed by atoms with van der Waals surface area (Å²) < 4.78 is 5.49. The maximum atomic E-state index is 13.3. The van der Waals surface area contributed by atoms with E-state index in [1.807, 2.05) is 0 Å². The second-order valence-corrected chi connectivity index (χ2v) is 15.2. The van der Waals surface area contributed by atoms with E-state index >= 15 is 0 Å². The topological polar surface area (TPSA) is 46.5 Å². The summed E-state index contributed by atoms with van der Waals surface area (Å²) in [5, 5.41) is 10.9. The van der Waals surface area contributed by atoms with Crippen molar-refractivity contribution in [1.82, 2.24) is 0 Å². The highest BCUT2D eigenvalue weighted by Crippen LogP contribution is 2.75. The zero-order chi connectivity index (χ0) is 24.9.